The Morgan fingerprint density at radius 2 is 2.08 bits per heavy atom. The van der Waals surface area contributed by atoms with Crippen LogP contribution in [0.3, 0.4) is 0 Å². The van der Waals surface area contributed by atoms with Gasteiger partial charge in [0.25, 0.3) is 11.6 Å². The summed E-state index contributed by atoms with van der Waals surface area (Å²) < 4.78 is 1.67. The number of carbonyl (C=O) groups is 1. The zero-order chi connectivity index (χ0) is 17.1. The number of carbonyl (C=O) groups excluding carboxylic acids is 1. The minimum Gasteiger partial charge on any atom is -0.336 e. The predicted molar refractivity (Wildman–Crippen MR) is 94.2 cm³/mol. The number of amides is 1. The molecule has 1 aliphatic rings. The van der Waals surface area contributed by atoms with Crippen LogP contribution in [0.4, 0.5) is 5.69 Å². The lowest BCUT2D eigenvalue weighted by atomic mass is 10.1. The van der Waals surface area contributed by atoms with E-state index in [0.717, 1.165) is 24.9 Å². The van der Waals surface area contributed by atoms with Gasteiger partial charge in [-0.3, -0.25) is 14.9 Å². The zero-order valence-electron chi connectivity index (χ0n) is 13.4. The lowest BCUT2D eigenvalue weighted by Gasteiger charge is -2.27. The Morgan fingerprint density at radius 1 is 1.36 bits per heavy atom. The Kier molecular flexibility index (Phi) is 6.34. The molecular formula is C14H17ClN6O3S. The van der Waals surface area contributed by atoms with E-state index in [4.69, 9.17) is 0 Å². The molecule has 0 unspecified atom stereocenters. The van der Waals surface area contributed by atoms with Crippen molar-refractivity contribution in [3.8, 4) is 0 Å². The lowest BCUT2D eigenvalue weighted by molar-refractivity contribution is -0.387. The second-order valence-electron chi connectivity index (χ2n) is 5.31. The summed E-state index contributed by atoms with van der Waals surface area (Å²) in [5.41, 5.74) is 0.217. The molecule has 3 rings (SSSR count). The van der Waals surface area contributed by atoms with E-state index in [1.807, 2.05) is 0 Å². The van der Waals surface area contributed by atoms with Crippen molar-refractivity contribution >= 4 is 35.8 Å². The molecule has 2 aromatic rings. The second-order valence-corrected chi connectivity index (χ2v) is 6.32. The summed E-state index contributed by atoms with van der Waals surface area (Å²) >= 11 is 1.14. The molecule has 1 aromatic carbocycles. The number of hydrogen-bond donors (Lipinski definition) is 1. The molecule has 1 aliphatic heterocycles. The van der Waals surface area contributed by atoms with Gasteiger partial charge < -0.3 is 14.8 Å². The summed E-state index contributed by atoms with van der Waals surface area (Å²) in [6, 6.07) is 4.55. The molecule has 1 saturated heterocycles. The normalized spacial score (nSPS) is 14.0. The molecule has 0 atom stereocenters. The number of piperazine rings is 1. The molecule has 25 heavy (non-hydrogen) atoms. The molecule has 1 aromatic heterocycles. The summed E-state index contributed by atoms with van der Waals surface area (Å²) in [6.07, 6.45) is 1.52. The van der Waals surface area contributed by atoms with Crippen molar-refractivity contribution in [1.82, 2.24) is 25.0 Å². The van der Waals surface area contributed by atoms with Crippen molar-refractivity contribution in [1.29, 1.82) is 0 Å². The van der Waals surface area contributed by atoms with E-state index < -0.39 is 4.92 Å². The van der Waals surface area contributed by atoms with Gasteiger partial charge in [-0.05, 0) is 23.9 Å². The Balaban J connectivity index is 0.00000225. The van der Waals surface area contributed by atoms with Crippen molar-refractivity contribution in [3.63, 3.8) is 0 Å². The number of nitro groups is 1. The van der Waals surface area contributed by atoms with Crippen LogP contribution in [0.2, 0.25) is 0 Å². The van der Waals surface area contributed by atoms with Gasteiger partial charge in [0.1, 0.15) is 6.33 Å². The van der Waals surface area contributed by atoms with Crippen LogP contribution in [-0.4, -0.2) is 56.7 Å². The SMILES string of the molecule is Cl.Cn1cnnc1Sc1ccc(C(=O)N2CCNCC2)cc1[N+](=O)[O-]. The molecule has 0 radical (unpaired) electrons. The van der Waals surface area contributed by atoms with Crippen LogP contribution in [0.25, 0.3) is 0 Å². The van der Waals surface area contributed by atoms with Crippen LogP contribution in [0.15, 0.2) is 34.6 Å². The fraction of sp³-hybridized carbons (Fsp3) is 0.357. The number of nitro benzene ring substituents is 1. The molecular weight excluding hydrogens is 368 g/mol. The Morgan fingerprint density at radius 3 is 2.68 bits per heavy atom. The highest BCUT2D eigenvalue weighted by Crippen LogP contribution is 2.34. The van der Waals surface area contributed by atoms with E-state index in [0.29, 0.717) is 28.7 Å². The number of nitrogens with zero attached hydrogens (tertiary/aromatic N) is 5. The van der Waals surface area contributed by atoms with Crippen LogP contribution in [0.5, 0.6) is 0 Å². The highest BCUT2D eigenvalue weighted by molar-refractivity contribution is 7.99. The molecule has 0 aliphatic carbocycles. The third kappa shape index (κ3) is 4.27. The number of halogens is 1. The molecule has 0 spiro atoms. The average Bonchev–Trinajstić information content (AvgIpc) is 3.00. The van der Waals surface area contributed by atoms with E-state index in [9.17, 15) is 14.9 Å². The van der Waals surface area contributed by atoms with Gasteiger partial charge in [-0.2, -0.15) is 0 Å². The smallest absolute Gasteiger partial charge is 0.284 e. The first-order valence-corrected chi connectivity index (χ1v) is 8.18. The van der Waals surface area contributed by atoms with Crippen molar-refractivity contribution in [2.45, 2.75) is 10.1 Å². The van der Waals surface area contributed by atoms with Crippen molar-refractivity contribution < 1.29 is 9.72 Å². The fourth-order valence-corrected chi connectivity index (χ4v) is 3.24. The average molecular weight is 385 g/mol. The molecule has 1 amide bonds. The quantitative estimate of drug-likeness (QED) is 0.626. The molecule has 0 saturated carbocycles. The van der Waals surface area contributed by atoms with Crippen molar-refractivity contribution in [2.24, 2.45) is 7.05 Å². The van der Waals surface area contributed by atoms with Gasteiger partial charge in [0.05, 0.1) is 9.82 Å². The maximum atomic E-state index is 12.5. The van der Waals surface area contributed by atoms with Crippen molar-refractivity contribution in [3.05, 3.63) is 40.2 Å². The fourth-order valence-electron chi connectivity index (χ4n) is 2.39. The summed E-state index contributed by atoms with van der Waals surface area (Å²) in [7, 11) is 1.76. The third-order valence-electron chi connectivity index (χ3n) is 3.68. The van der Waals surface area contributed by atoms with E-state index in [-0.39, 0.29) is 24.0 Å². The molecule has 1 N–H and O–H groups in total. The van der Waals surface area contributed by atoms with Gasteiger partial charge in [-0.25, -0.2) is 0 Å². The van der Waals surface area contributed by atoms with E-state index in [1.165, 1.54) is 12.4 Å². The van der Waals surface area contributed by atoms with Crippen molar-refractivity contribution in [2.75, 3.05) is 26.2 Å². The first-order chi connectivity index (χ1) is 11.6. The molecule has 0 bridgehead atoms. The van der Waals surface area contributed by atoms with Gasteiger partial charge in [-0.1, -0.05) is 0 Å². The van der Waals surface area contributed by atoms with Crippen LogP contribution in [0.1, 0.15) is 10.4 Å². The van der Waals surface area contributed by atoms with Crippen LogP contribution in [-0.2, 0) is 7.05 Å². The summed E-state index contributed by atoms with van der Waals surface area (Å²) in [5.74, 6) is -0.185. The highest BCUT2D eigenvalue weighted by Gasteiger charge is 2.23. The number of nitrogens with one attached hydrogen (secondary N) is 1. The summed E-state index contributed by atoms with van der Waals surface area (Å²) in [6.45, 7) is 2.66. The number of hydrogen-bond acceptors (Lipinski definition) is 7. The number of rotatable bonds is 4. The molecule has 9 nitrogen and oxygen atoms in total. The molecule has 2 heterocycles. The van der Waals surface area contributed by atoms with E-state index >= 15 is 0 Å². The highest BCUT2D eigenvalue weighted by atomic mass is 35.5. The van der Waals surface area contributed by atoms with Crippen LogP contribution in [0, 0.1) is 10.1 Å². The first kappa shape index (κ1) is 19.2. The molecule has 1 fully saturated rings. The Labute approximate surface area is 154 Å². The minimum atomic E-state index is -0.479. The first-order valence-electron chi connectivity index (χ1n) is 7.36. The molecule has 11 heteroatoms. The minimum absolute atomic E-state index is 0. The van der Waals surface area contributed by atoms with Gasteiger partial charge in [0, 0.05) is 44.9 Å². The van der Waals surface area contributed by atoms with Crippen LogP contribution < -0.4 is 5.32 Å². The van der Waals surface area contributed by atoms with E-state index in [2.05, 4.69) is 15.5 Å². The lowest BCUT2D eigenvalue weighted by Crippen LogP contribution is -2.46. The van der Waals surface area contributed by atoms with Crippen LogP contribution >= 0.6 is 24.2 Å². The monoisotopic (exact) mass is 384 g/mol. The summed E-state index contributed by atoms with van der Waals surface area (Å²) in [4.78, 5) is 25.5. The third-order valence-corrected chi connectivity index (χ3v) is 4.80. The Hall–Kier alpha value is -2.17. The predicted octanol–water partition coefficient (Wildman–Crippen LogP) is 1.34. The Bertz CT molecular complexity index is 778. The standard InChI is InChI=1S/C14H16N6O3S.ClH/c1-18-9-16-17-14(18)24-12-3-2-10(8-11(12)20(22)23)13(21)19-6-4-15-5-7-19;/h2-3,8-9,15H,4-7H2,1H3;1H. The van der Waals surface area contributed by atoms with Gasteiger partial charge in [0.15, 0.2) is 5.16 Å². The largest absolute Gasteiger partial charge is 0.336 e. The zero-order valence-corrected chi connectivity index (χ0v) is 15.0. The summed E-state index contributed by atoms with van der Waals surface area (Å²) in [5, 5.41) is 22.8. The van der Waals surface area contributed by atoms with Gasteiger partial charge in [-0.15, -0.1) is 22.6 Å². The maximum absolute atomic E-state index is 12.5. The topological polar surface area (TPSA) is 106 Å². The van der Waals surface area contributed by atoms with Gasteiger partial charge >= 0.3 is 0 Å². The number of aromatic nitrogens is 3. The number of aryl methyl sites for hydroxylation is 1. The van der Waals surface area contributed by atoms with E-state index in [1.54, 1.807) is 28.6 Å². The maximum Gasteiger partial charge on any atom is 0.284 e. The molecule has 134 valence electrons. The number of benzene rings is 1. The van der Waals surface area contributed by atoms with Gasteiger partial charge in [0.2, 0.25) is 0 Å². The second kappa shape index (κ2) is 8.28.